The van der Waals surface area contributed by atoms with Gasteiger partial charge >= 0.3 is 5.97 Å². The van der Waals surface area contributed by atoms with E-state index in [1.807, 2.05) is 42.5 Å². The highest BCUT2D eigenvalue weighted by Gasteiger charge is 2.46. The molecule has 12 atom stereocenters. The summed E-state index contributed by atoms with van der Waals surface area (Å²) >= 11 is 29.3. The molecule has 12 unspecified atom stereocenters. The van der Waals surface area contributed by atoms with Gasteiger partial charge in [-0.05, 0) is 94.2 Å². The Hall–Kier alpha value is 0.810. The normalized spacial score (nSPS) is 28.7. The third kappa shape index (κ3) is 13.2. The molecule has 0 bridgehead atoms. The molecule has 0 fully saturated rings. The minimum absolute atomic E-state index is 0.212. The molecule has 74 heavy (non-hydrogen) atoms. The zero-order valence-corrected chi connectivity index (χ0v) is 60.9. The van der Waals surface area contributed by atoms with Crippen LogP contribution >= 0.6 is 213 Å². The number of hydrogen-bond acceptors (Lipinski definition) is 1. The summed E-state index contributed by atoms with van der Waals surface area (Å²) < 4.78 is 1.85. The summed E-state index contributed by atoms with van der Waals surface area (Å²) in [5.74, 6) is -1.40. The smallest absolute Gasteiger partial charge is 0.311 e. The third-order valence-electron chi connectivity index (χ3n) is 14.9. The Balaban J connectivity index is 1.28. The van der Waals surface area contributed by atoms with Gasteiger partial charge in [0.15, 0.2) is 0 Å². The Morgan fingerprint density at radius 2 is 0.959 bits per heavy atom. The summed E-state index contributed by atoms with van der Waals surface area (Å²) in [7, 11) is 0. The van der Waals surface area contributed by atoms with E-state index in [0.717, 1.165) is 58.6 Å². The molecule has 8 rings (SSSR count). The van der Waals surface area contributed by atoms with Crippen LogP contribution in [0.25, 0.3) is 0 Å². The van der Waals surface area contributed by atoms with Crippen molar-refractivity contribution in [2.24, 2.45) is 11.8 Å². The molecule has 1 N–H and O–H groups in total. The van der Waals surface area contributed by atoms with Crippen molar-refractivity contribution in [1.82, 2.24) is 0 Å². The zero-order valence-electron chi connectivity index (χ0n) is 40.5. The summed E-state index contributed by atoms with van der Waals surface area (Å²) in [4.78, 5) is 13.5. The van der Waals surface area contributed by atoms with Gasteiger partial charge in [0.1, 0.15) is 0 Å². The standard InChI is InChI=1S/C62H56Br2I8O2/c1-2-19-40(38-42-21-17-26-47(59(69)34-13-9-30-51(59)65)56(42)61(71)36-15-11-32-53(61)67)41(20-3-4-24-45(44-23-5-7-28-49(44)63)55(58(73)74)46-25-6-8-29-50(46)64)39-43-22-18-27-48(60(70)35-14-10-31-52(60)66)57(43)62(72)37-16-12-33-54(62)68/h4-18,21-37,40-41,45,51-55H,2-3,19-20,38-39H2,1H3,(H,73,74)/b24-4+. The van der Waals surface area contributed by atoms with Gasteiger partial charge in [0, 0.05) is 14.9 Å². The number of hydrogen-bond donors (Lipinski definition) is 1. The summed E-state index contributed by atoms with van der Waals surface area (Å²) in [6, 6.07) is 30.2. The third-order valence-corrected chi connectivity index (χ3v) is 33.1. The molecule has 386 valence electrons. The molecule has 4 aliphatic rings. The lowest BCUT2D eigenvalue weighted by atomic mass is 9.72. The van der Waals surface area contributed by atoms with E-state index in [2.05, 4.69) is 371 Å². The number of carboxylic acids is 1. The van der Waals surface area contributed by atoms with Crippen molar-refractivity contribution in [2.45, 2.75) is 86.7 Å². The van der Waals surface area contributed by atoms with Crippen molar-refractivity contribution < 1.29 is 9.90 Å². The summed E-state index contributed by atoms with van der Waals surface area (Å²) in [5.41, 5.74) is 10.3. The van der Waals surface area contributed by atoms with Gasteiger partial charge in [-0.1, -0.05) is 415 Å². The summed E-state index contributed by atoms with van der Waals surface area (Å²) in [6.07, 6.45) is 47.3. The lowest BCUT2D eigenvalue weighted by Gasteiger charge is -2.41. The Labute approximate surface area is 565 Å². The lowest BCUT2D eigenvalue weighted by Crippen LogP contribution is -2.36. The number of aliphatic carboxylic acids is 1. The van der Waals surface area contributed by atoms with Crippen molar-refractivity contribution in [2.75, 3.05) is 0 Å². The Morgan fingerprint density at radius 1 is 0.554 bits per heavy atom. The number of alkyl halides is 8. The van der Waals surface area contributed by atoms with Gasteiger partial charge in [-0.25, -0.2) is 0 Å². The first-order chi connectivity index (χ1) is 35.5. The monoisotopic (exact) mass is 2010 g/mol. The zero-order chi connectivity index (χ0) is 52.8. The topological polar surface area (TPSA) is 37.3 Å². The van der Waals surface area contributed by atoms with E-state index in [4.69, 9.17) is 0 Å². The average Bonchev–Trinajstić information content (AvgIpc) is 3.38. The van der Waals surface area contributed by atoms with E-state index in [-0.39, 0.29) is 25.5 Å². The van der Waals surface area contributed by atoms with Crippen LogP contribution < -0.4 is 0 Å². The molecular formula is C62H56Br2I8O2. The van der Waals surface area contributed by atoms with Crippen LogP contribution in [0.5, 0.6) is 0 Å². The molecule has 4 aliphatic carbocycles. The van der Waals surface area contributed by atoms with Gasteiger partial charge < -0.3 is 5.11 Å². The fourth-order valence-electron chi connectivity index (χ4n) is 11.2. The van der Waals surface area contributed by atoms with Crippen molar-refractivity contribution in [3.8, 4) is 0 Å². The highest BCUT2D eigenvalue weighted by Crippen LogP contribution is 2.56. The maximum Gasteiger partial charge on any atom is 0.311 e. The fraction of sp³-hybridized carbons (Fsp3) is 0.306. The van der Waals surface area contributed by atoms with E-state index in [1.165, 1.54) is 33.4 Å². The largest absolute Gasteiger partial charge is 0.481 e. The van der Waals surface area contributed by atoms with Crippen LogP contribution in [0.2, 0.25) is 0 Å². The molecule has 4 aromatic rings. The van der Waals surface area contributed by atoms with Gasteiger partial charge in [0.05, 0.1) is 35.3 Å². The number of rotatable bonds is 19. The number of allylic oxidation sites excluding steroid dienone is 18. The summed E-state index contributed by atoms with van der Waals surface area (Å²) in [5, 5.41) is 11.1. The molecule has 12 heteroatoms. The van der Waals surface area contributed by atoms with Crippen LogP contribution in [0.1, 0.15) is 89.0 Å². The second kappa shape index (κ2) is 27.3. The molecule has 0 heterocycles. The molecule has 0 aliphatic heterocycles. The number of halogens is 10. The van der Waals surface area contributed by atoms with Crippen molar-refractivity contribution >= 4 is 219 Å². The highest BCUT2D eigenvalue weighted by molar-refractivity contribution is 14.1. The van der Waals surface area contributed by atoms with Gasteiger partial charge in [-0.2, -0.15) is 0 Å². The molecule has 0 saturated carbocycles. The van der Waals surface area contributed by atoms with Crippen LogP contribution in [-0.4, -0.2) is 26.8 Å². The number of benzene rings is 4. The lowest BCUT2D eigenvalue weighted by molar-refractivity contribution is -0.139. The maximum atomic E-state index is 13.5. The van der Waals surface area contributed by atoms with Gasteiger partial charge in [0.25, 0.3) is 0 Å². The molecule has 0 amide bonds. The Kier molecular flexibility index (Phi) is 22.4. The van der Waals surface area contributed by atoms with Crippen LogP contribution in [-0.2, 0) is 31.3 Å². The van der Waals surface area contributed by atoms with Crippen molar-refractivity contribution in [3.05, 3.63) is 248 Å². The molecule has 0 spiro atoms. The van der Waals surface area contributed by atoms with Gasteiger partial charge in [0.2, 0.25) is 0 Å². The average molecular weight is 2010 g/mol. The number of carbonyl (C=O) groups is 1. The van der Waals surface area contributed by atoms with Crippen LogP contribution in [0, 0.1) is 11.8 Å². The Morgan fingerprint density at radius 3 is 1.36 bits per heavy atom. The molecular weight excluding hydrogens is 1950 g/mol. The fourth-order valence-corrected chi connectivity index (χ4v) is 19.2. The predicted molar refractivity (Wildman–Crippen MR) is 389 cm³/mol. The summed E-state index contributed by atoms with van der Waals surface area (Å²) in [6.45, 7) is 2.36. The van der Waals surface area contributed by atoms with Gasteiger partial charge in [-0.3, -0.25) is 4.79 Å². The van der Waals surface area contributed by atoms with E-state index in [9.17, 15) is 9.90 Å². The van der Waals surface area contributed by atoms with E-state index in [0.29, 0.717) is 15.8 Å². The molecule has 4 aromatic carbocycles. The molecule has 0 aromatic heterocycles. The van der Waals surface area contributed by atoms with Crippen LogP contribution in [0.15, 0.2) is 203 Å². The Bertz CT molecular complexity index is 2980. The minimum Gasteiger partial charge on any atom is -0.481 e. The molecule has 0 saturated heterocycles. The van der Waals surface area contributed by atoms with Crippen molar-refractivity contribution in [3.63, 3.8) is 0 Å². The number of carboxylic acid groups (broad SMARTS) is 1. The van der Waals surface area contributed by atoms with Gasteiger partial charge in [-0.15, -0.1) is 0 Å². The van der Waals surface area contributed by atoms with E-state index >= 15 is 0 Å². The second-order valence-corrected chi connectivity index (χ2v) is 33.7. The first-order valence-electron chi connectivity index (χ1n) is 24.9. The first-order valence-corrected chi connectivity index (χ1v) is 35.8. The van der Waals surface area contributed by atoms with E-state index < -0.39 is 17.8 Å². The highest BCUT2D eigenvalue weighted by atomic mass is 127. The predicted octanol–water partition coefficient (Wildman–Crippen LogP) is 21.3. The SMILES string of the molecule is CCCC(Cc1cccc(C2(I)C=CC=CC2I)c1C1(I)C=CC=CC1I)C(CC/C=C/C(c1ccccc1Br)C(C(=O)O)c1ccccc1Br)Cc1cccc(C2(I)C=CC=CC2I)c1C1(I)C=CC=CC1I. The van der Waals surface area contributed by atoms with E-state index in [1.54, 1.807) is 0 Å². The minimum atomic E-state index is -0.849. The van der Waals surface area contributed by atoms with Crippen LogP contribution in [0.3, 0.4) is 0 Å². The maximum absolute atomic E-state index is 13.5. The van der Waals surface area contributed by atoms with Crippen molar-refractivity contribution in [1.29, 1.82) is 0 Å². The second-order valence-electron chi connectivity index (χ2n) is 19.4. The molecule has 0 radical (unpaired) electrons. The quantitative estimate of drug-likeness (QED) is 0.0577. The van der Waals surface area contributed by atoms with Crippen LogP contribution in [0.4, 0.5) is 0 Å². The first kappa shape index (κ1) is 60.9. The molecule has 2 nitrogen and oxygen atoms in total.